The van der Waals surface area contributed by atoms with E-state index in [1.165, 1.54) is 0 Å². The Morgan fingerprint density at radius 3 is 2.75 bits per heavy atom. The van der Waals surface area contributed by atoms with Crippen molar-refractivity contribution >= 4 is 46.4 Å². The van der Waals surface area contributed by atoms with Crippen molar-refractivity contribution in [2.45, 2.75) is 0 Å². The van der Waals surface area contributed by atoms with Crippen LogP contribution in [0.25, 0.3) is 0 Å². The quantitative estimate of drug-likeness (QED) is 0.645. The van der Waals surface area contributed by atoms with Crippen LogP contribution in [0.15, 0.2) is 40.8 Å². The van der Waals surface area contributed by atoms with E-state index in [0.717, 1.165) is 10.6 Å². The summed E-state index contributed by atoms with van der Waals surface area (Å²) in [5.41, 5.74) is 3.69. The normalized spacial score (nSPS) is 10.9. The summed E-state index contributed by atoms with van der Waals surface area (Å²) in [4.78, 5) is 1.09. The average Bonchev–Trinajstić information content (AvgIpc) is 2.76. The summed E-state index contributed by atoms with van der Waals surface area (Å²) in [7, 11) is 0. The molecule has 82 valence electrons. The van der Waals surface area contributed by atoms with Gasteiger partial charge in [0.05, 0.1) is 21.9 Å². The molecule has 1 aromatic carbocycles. The zero-order chi connectivity index (χ0) is 11.4. The Kier molecular flexibility index (Phi) is 3.83. The Labute approximate surface area is 108 Å². The number of hydrazone groups is 1. The van der Waals surface area contributed by atoms with Gasteiger partial charge >= 0.3 is 0 Å². The van der Waals surface area contributed by atoms with E-state index in [1.54, 1.807) is 29.7 Å². The van der Waals surface area contributed by atoms with Gasteiger partial charge in [0, 0.05) is 4.88 Å². The minimum atomic E-state index is 0.512. The summed E-state index contributed by atoms with van der Waals surface area (Å²) in [6, 6.07) is 9.25. The number of anilines is 1. The van der Waals surface area contributed by atoms with Gasteiger partial charge in [0.25, 0.3) is 0 Å². The van der Waals surface area contributed by atoms with Crippen molar-refractivity contribution in [2.75, 3.05) is 5.43 Å². The summed E-state index contributed by atoms with van der Waals surface area (Å²) in [6.45, 7) is 0. The van der Waals surface area contributed by atoms with E-state index in [9.17, 15) is 0 Å². The smallest absolute Gasteiger partial charge is 0.0644 e. The molecule has 0 unspecified atom stereocenters. The number of hydrogen-bond donors (Lipinski definition) is 1. The Morgan fingerprint density at radius 2 is 2.06 bits per heavy atom. The Balaban J connectivity index is 2.02. The third-order valence-corrected chi connectivity index (χ3v) is 3.39. The fourth-order valence-electron chi connectivity index (χ4n) is 1.10. The number of rotatable bonds is 3. The number of benzene rings is 1. The lowest BCUT2D eigenvalue weighted by atomic mass is 10.3. The lowest BCUT2D eigenvalue weighted by molar-refractivity contribution is 1.35. The molecule has 0 spiro atoms. The van der Waals surface area contributed by atoms with Crippen LogP contribution in [0.1, 0.15) is 4.88 Å². The second kappa shape index (κ2) is 5.34. The second-order valence-electron chi connectivity index (χ2n) is 3.01. The standard InChI is InChI=1S/C11H8Cl2N2S/c12-10-4-3-8(6-11(10)13)15-14-7-9-2-1-5-16-9/h1-7,15H/b14-7-. The van der Waals surface area contributed by atoms with Gasteiger partial charge in [-0.1, -0.05) is 29.3 Å². The molecule has 0 aliphatic heterocycles. The van der Waals surface area contributed by atoms with Gasteiger partial charge in [0.2, 0.25) is 0 Å². The first-order valence-corrected chi connectivity index (χ1v) is 6.17. The molecule has 2 aromatic rings. The number of nitrogens with one attached hydrogen (secondary N) is 1. The van der Waals surface area contributed by atoms with Gasteiger partial charge in [-0.2, -0.15) is 5.10 Å². The molecular weight excluding hydrogens is 263 g/mol. The molecule has 0 bridgehead atoms. The van der Waals surface area contributed by atoms with E-state index < -0.39 is 0 Å². The molecule has 0 aliphatic rings. The van der Waals surface area contributed by atoms with Gasteiger partial charge < -0.3 is 0 Å². The van der Waals surface area contributed by atoms with Crippen LogP contribution >= 0.6 is 34.5 Å². The number of hydrogen-bond acceptors (Lipinski definition) is 3. The van der Waals surface area contributed by atoms with Crippen molar-refractivity contribution in [1.82, 2.24) is 0 Å². The molecule has 0 amide bonds. The molecule has 0 radical (unpaired) electrons. The number of nitrogens with zero attached hydrogens (tertiary/aromatic N) is 1. The van der Waals surface area contributed by atoms with Gasteiger partial charge in [-0.15, -0.1) is 11.3 Å². The first-order valence-electron chi connectivity index (χ1n) is 4.53. The zero-order valence-corrected chi connectivity index (χ0v) is 10.5. The minimum absolute atomic E-state index is 0.512. The first-order chi connectivity index (χ1) is 7.75. The highest BCUT2D eigenvalue weighted by Crippen LogP contribution is 2.24. The highest BCUT2D eigenvalue weighted by molar-refractivity contribution is 7.11. The zero-order valence-electron chi connectivity index (χ0n) is 8.15. The van der Waals surface area contributed by atoms with Crippen molar-refractivity contribution in [3.8, 4) is 0 Å². The van der Waals surface area contributed by atoms with E-state index in [0.29, 0.717) is 10.0 Å². The largest absolute Gasteiger partial charge is 0.278 e. The molecule has 1 heterocycles. The maximum absolute atomic E-state index is 5.87. The van der Waals surface area contributed by atoms with Crippen molar-refractivity contribution in [2.24, 2.45) is 5.10 Å². The van der Waals surface area contributed by atoms with E-state index in [4.69, 9.17) is 23.2 Å². The Hall–Kier alpha value is -1.03. The van der Waals surface area contributed by atoms with Gasteiger partial charge in [-0.05, 0) is 29.6 Å². The van der Waals surface area contributed by atoms with Crippen molar-refractivity contribution in [3.05, 3.63) is 50.6 Å². The molecular formula is C11H8Cl2N2S. The fraction of sp³-hybridized carbons (Fsp3) is 0. The Morgan fingerprint density at radius 1 is 1.19 bits per heavy atom. The molecule has 0 aliphatic carbocycles. The maximum Gasteiger partial charge on any atom is 0.0644 e. The van der Waals surface area contributed by atoms with Gasteiger partial charge in [0.15, 0.2) is 0 Å². The van der Waals surface area contributed by atoms with Crippen molar-refractivity contribution in [3.63, 3.8) is 0 Å². The van der Waals surface area contributed by atoms with Crippen LogP contribution in [0.3, 0.4) is 0 Å². The number of thiophene rings is 1. The van der Waals surface area contributed by atoms with E-state index >= 15 is 0 Å². The third kappa shape index (κ3) is 2.98. The summed E-state index contributed by atoms with van der Waals surface area (Å²) in [6.07, 6.45) is 1.76. The van der Waals surface area contributed by atoms with Crippen LogP contribution in [0.2, 0.25) is 10.0 Å². The molecule has 0 atom stereocenters. The minimum Gasteiger partial charge on any atom is -0.278 e. The summed E-state index contributed by atoms with van der Waals surface area (Å²) >= 11 is 13.3. The summed E-state index contributed by atoms with van der Waals surface area (Å²) < 4.78 is 0. The third-order valence-electron chi connectivity index (χ3n) is 1.85. The van der Waals surface area contributed by atoms with Crippen LogP contribution in [0.5, 0.6) is 0 Å². The molecule has 1 N–H and O–H groups in total. The van der Waals surface area contributed by atoms with Gasteiger partial charge in [0.1, 0.15) is 0 Å². The summed E-state index contributed by atoms with van der Waals surface area (Å²) in [5.74, 6) is 0. The molecule has 16 heavy (non-hydrogen) atoms. The topological polar surface area (TPSA) is 24.4 Å². The van der Waals surface area contributed by atoms with Gasteiger partial charge in [-0.3, -0.25) is 5.43 Å². The molecule has 1 aromatic heterocycles. The molecule has 2 rings (SSSR count). The highest BCUT2D eigenvalue weighted by atomic mass is 35.5. The van der Waals surface area contributed by atoms with Crippen molar-refractivity contribution in [1.29, 1.82) is 0 Å². The Bertz CT molecular complexity index is 495. The fourth-order valence-corrected chi connectivity index (χ4v) is 1.98. The van der Waals surface area contributed by atoms with E-state index in [2.05, 4.69) is 10.5 Å². The van der Waals surface area contributed by atoms with E-state index in [-0.39, 0.29) is 0 Å². The number of halogens is 2. The van der Waals surface area contributed by atoms with Crippen LogP contribution in [-0.2, 0) is 0 Å². The maximum atomic E-state index is 5.87. The predicted molar refractivity (Wildman–Crippen MR) is 72.0 cm³/mol. The first kappa shape index (κ1) is 11.5. The van der Waals surface area contributed by atoms with Gasteiger partial charge in [-0.25, -0.2) is 0 Å². The second-order valence-corrected chi connectivity index (χ2v) is 4.81. The van der Waals surface area contributed by atoms with Crippen molar-refractivity contribution < 1.29 is 0 Å². The molecule has 5 heteroatoms. The van der Waals surface area contributed by atoms with Crippen LogP contribution in [-0.4, -0.2) is 6.21 Å². The molecule has 0 saturated heterocycles. The monoisotopic (exact) mass is 270 g/mol. The van der Waals surface area contributed by atoms with Crippen LogP contribution < -0.4 is 5.43 Å². The van der Waals surface area contributed by atoms with Crippen LogP contribution in [0.4, 0.5) is 5.69 Å². The lowest BCUT2D eigenvalue weighted by Crippen LogP contribution is -1.89. The van der Waals surface area contributed by atoms with Crippen LogP contribution in [0, 0.1) is 0 Å². The lowest BCUT2D eigenvalue weighted by Gasteiger charge is -2.01. The average molecular weight is 271 g/mol. The predicted octanol–water partition coefficient (Wildman–Crippen LogP) is 4.50. The highest BCUT2D eigenvalue weighted by Gasteiger charge is 1.97. The SMILES string of the molecule is Clc1ccc(N/N=C\c2cccs2)cc1Cl. The molecule has 0 saturated carbocycles. The van der Waals surface area contributed by atoms with E-state index in [1.807, 2.05) is 23.6 Å². The molecule has 0 fully saturated rings. The summed E-state index contributed by atoms with van der Waals surface area (Å²) in [5, 5.41) is 7.14. The molecule has 2 nitrogen and oxygen atoms in total.